The summed E-state index contributed by atoms with van der Waals surface area (Å²) in [6.45, 7) is 0. The average molecular weight is 177 g/mol. The first kappa shape index (κ1) is 9.45. The minimum atomic E-state index is -0.220. The summed E-state index contributed by atoms with van der Waals surface area (Å²) in [7, 11) is 1.55. The van der Waals surface area contributed by atoms with Crippen molar-refractivity contribution in [3.05, 3.63) is 35.5 Å². The van der Waals surface area contributed by atoms with Crippen molar-refractivity contribution >= 4 is 12.2 Å². The maximum atomic E-state index is 11.3. The molecule has 0 radical (unpaired) electrons. The first-order valence-electron chi connectivity index (χ1n) is 4.04. The van der Waals surface area contributed by atoms with E-state index in [1.807, 2.05) is 6.08 Å². The van der Waals surface area contributed by atoms with Crippen molar-refractivity contribution < 1.29 is 9.59 Å². The Bertz CT molecular complexity index is 311. The van der Waals surface area contributed by atoms with Gasteiger partial charge in [0.15, 0.2) is 6.29 Å². The number of likely N-dealkylation sites (N-methyl/N-ethyl adjacent to an activating group) is 1. The summed E-state index contributed by atoms with van der Waals surface area (Å²) >= 11 is 0. The highest BCUT2D eigenvalue weighted by atomic mass is 16.1. The van der Waals surface area contributed by atoms with Crippen LogP contribution in [-0.4, -0.2) is 19.2 Å². The van der Waals surface area contributed by atoms with E-state index in [4.69, 9.17) is 0 Å². The van der Waals surface area contributed by atoms with Gasteiger partial charge < -0.3 is 5.32 Å². The van der Waals surface area contributed by atoms with Gasteiger partial charge >= 0.3 is 0 Å². The van der Waals surface area contributed by atoms with Gasteiger partial charge in [-0.25, -0.2) is 0 Å². The van der Waals surface area contributed by atoms with Gasteiger partial charge in [-0.1, -0.05) is 24.3 Å². The lowest BCUT2D eigenvalue weighted by Crippen LogP contribution is -2.21. The third-order valence-corrected chi connectivity index (χ3v) is 1.78. The highest BCUT2D eigenvalue weighted by molar-refractivity contribution is 6.05. The highest BCUT2D eigenvalue weighted by Gasteiger charge is 2.12. The van der Waals surface area contributed by atoms with E-state index in [1.54, 1.807) is 25.3 Å². The molecule has 3 heteroatoms. The molecular formula is C10H11NO2. The largest absolute Gasteiger partial charge is 0.355 e. The Morgan fingerprint density at radius 3 is 3.00 bits per heavy atom. The summed E-state index contributed by atoms with van der Waals surface area (Å²) in [6, 6.07) is 0. The summed E-state index contributed by atoms with van der Waals surface area (Å²) in [6.07, 6.45) is 8.41. The van der Waals surface area contributed by atoms with Crippen molar-refractivity contribution in [3.63, 3.8) is 0 Å². The van der Waals surface area contributed by atoms with Crippen molar-refractivity contribution in [1.29, 1.82) is 0 Å². The van der Waals surface area contributed by atoms with E-state index in [-0.39, 0.29) is 5.91 Å². The standard InChI is InChI=1S/C10H11NO2/c1-11-10(13)9-6-4-2-3-5-8(9)7-12/h2-3,5-7H,4H2,1H3,(H,11,13). The van der Waals surface area contributed by atoms with Crippen LogP contribution < -0.4 is 5.32 Å². The number of rotatable bonds is 2. The molecule has 0 saturated heterocycles. The van der Waals surface area contributed by atoms with Crippen LogP contribution in [0.5, 0.6) is 0 Å². The number of allylic oxidation sites excluding steroid dienone is 4. The van der Waals surface area contributed by atoms with Crippen molar-refractivity contribution in [2.24, 2.45) is 0 Å². The summed E-state index contributed by atoms with van der Waals surface area (Å²) in [5.74, 6) is -0.220. The van der Waals surface area contributed by atoms with Gasteiger partial charge in [-0.05, 0) is 6.42 Å². The Balaban J connectivity index is 2.99. The molecule has 0 aromatic carbocycles. The number of carbonyl (C=O) groups excluding carboxylic acids is 2. The Labute approximate surface area is 76.8 Å². The highest BCUT2D eigenvalue weighted by Crippen LogP contribution is 2.12. The Kier molecular flexibility index (Phi) is 3.20. The van der Waals surface area contributed by atoms with Crippen molar-refractivity contribution in [3.8, 4) is 0 Å². The normalized spacial score (nSPS) is 15.5. The van der Waals surface area contributed by atoms with Crippen molar-refractivity contribution in [2.45, 2.75) is 6.42 Å². The zero-order chi connectivity index (χ0) is 9.68. The molecule has 0 aliphatic heterocycles. The monoisotopic (exact) mass is 177 g/mol. The second kappa shape index (κ2) is 4.40. The fraction of sp³-hybridized carbons (Fsp3) is 0.200. The van der Waals surface area contributed by atoms with Crippen LogP contribution >= 0.6 is 0 Å². The number of aldehydes is 1. The summed E-state index contributed by atoms with van der Waals surface area (Å²) in [5.41, 5.74) is 0.871. The SMILES string of the molecule is CNC(=O)C1=CCC=CC=C1C=O. The van der Waals surface area contributed by atoms with Crippen LogP contribution in [-0.2, 0) is 9.59 Å². The van der Waals surface area contributed by atoms with Crippen LogP contribution in [0.3, 0.4) is 0 Å². The first-order chi connectivity index (χ1) is 6.29. The van der Waals surface area contributed by atoms with Gasteiger partial charge in [-0.3, -0.25) is 9.59 Å². The molecule has 1 amide bonds. The zero-order valence-corrected chi connectivity index (χ0v) is 7.41. The molecule has 0 spiro atoms. The average Bonchev–Trinajstić information content (AvgIpc) is 2.41. The topological polar surface area (TPSA) is 46.2 Å². The lowest BCUT2D eigenvalue weighted by Gasteiger charge is -2.02. The van der Waals surface area contributed by atoms with Gasteiger partial charge in [0.1, 0.15) is 0 Å². The molecule has 0 fully saturated rings. The van der Waals surface area contributed by atoms with E-state index < -0.39 is 0 Å². The summed E-state index contributed by atoms with van der Waals surface area (Å²) in [4.78, 5) is 21.9. The third kappa shape index (κ3) is 2.15. The number of hydrogen-bond acceptors (Lipinski definition) is 2. The Hall–Kier alpha value is -1.64. The first-order valence-corrected chi connectivity index (χ1v) is 4.04. The van der Waals surface area contributed by atoms with Crippen LogP contribution in [0.25, 0.3) is 0 Å². The van der Waals surface area contributed by atoms with E-state index >= 15 is 0 Å². The Morgan fingerprint density at radius 2 is 2.38 bits per heavy atom. The van der Waals surface area contributed by atoms with E-state index in [9.17, 15) is 9.59 Å². The smallest absolute Gasteiger partial charge is 0.251 e. The predicted molar refractivity (Wildman–Crippen MR) is 50.1 cm³/mol. The van der Waals surface area contributed by atoms with E-state index in [1.165, 1.54) is 0 Å². The number of amides is 1. The number of hydrogen-bond donors (Lipinski definition) is 1. The van der Waals surface area contributed by atoms with E-state index in [0.29, 0.717) is 23.9 Å². The molecule has 0 aromatic heterocycles. The maximum absolute atomic E-state index is 11.3. The van der Waals surface area contributed by atoms with Gasteiger partial charge in [0.25, 0.3) is 5.91 Å². The minimum absolute atomic E-state index is 0.220. The molecule has 1 aliphatic rings. The number of nitrogens with one attached hydrogen (secondary N) is 1. The molecule has 1 aliphatic carbocycles. The molecule has 0 saturated carbocycles. The van der Waals surface area contributed by atoms with E-state index in [0.717, 1.165) is 0 Å². The van der Waals surface area contributed by atoms with Gasteiger partial charge in [0, 0.05) is 18.2 Å². The molecule has 0 atom stereocenters. The van der Waals surface area contributed by atoms with Crippen LogP contribution in [0.4, 0.5) is 0 Å². The zero-order valence-electron chi connectivity index (χ0n) is 7.41. The minimum Gasteiger partial charge on any atom is -0.355 e. The molecule has 1 rings (SSSR count). The molecule has 0 bridgehead atoms. The second-order valence-electron chi connectivity index (χ2n) is 2.60. The molecule has 0 aromatic rings. The molecule has 1 N–H and O–H groups in total. The Morgan fingerprint density at radius 1 is 1.62 bits per heavy atom. The lowest BCUT2D eigenvalue weighted by atomic mass is 10.1. The predicted octanol–water partition coefficient (Wildman–Crippen LogP) is 0.744. The number of carbonyl (C=O) groups is 2. The molecule has 68 valence electrons. The third-order valence-electron chi connectivity index (χ3n) is 1.78. The van der Waals surface area contributed by atoms with Crippen LogP contribution in [0, 0.1) is 0 Å². The quantitative estimate of drug-likeness (QED) is 0.632. The molecule has 3 nitrogen and oxygen atoms in total. The summed E-state index contributed by atoms with van der Waals surface area (Å²) in [5, 5.41) is 2.49. The van der Waals surface area contributed by atoms with Crippen LogP contribution in [0.1, 0.15) is 6.42 Å². The van der Waals surface area contributed by atoms with Gasteiger partial charge in [0.2, 0.25) is 0 Å². The summed E-state index contributed by atoms with van der Waals surface area (Å²) < 4.78 is 0. The van der Waals surface area contributed by atoms with Crippen LogP contribution in [0.2, 0.25) is 0 Å². The van der Waals surface area contributed by atoms with Gasteiger partial charge in [-0.2, -0.15) is 0 Å². The lowest BCUT2D eigenvalue weighted by molar-refractivity contribution is -0.117. The molecule has 0 heterocycles. The second-order valence-corrected chi connectivity index (χ2v) is 2.60. The molecule has 13 heavy (non-hydrogen) atoms. The van der Waals surface area contributed by atoms with E-state index in [2.05, 4.69) is 5.32 Å². The van der Waals surface area contributed by atoms with Crippen molar-refractivity contribution in [1.82, 2.24) is 5.32 Å². The van der Waals surface area contributed by atoms with Gasteiger partial charge in [0.05, 0.1) is 0 Å². The van der Waals surface area contributed by atoms with Crippen LogP contribution in [0.15, 0.2) is 35.5 Å². The van der Waals surface area contributed by atoms with Crippen molar-refractivity contribution in [2.75, 3.05) is 7.05 Å². The fourth-order valence-electron chi connectivity index (χ4n) is 1.11. The van der Waals surface area contributed by atoms with Gasteiger partial charge in [-0.15, -0.1) is 0 Å². The fourth-order valence-corrected chi connectivity index (χ4v) is 1.11. The maximum Gasteiger partial charge on any atom is 0.251 e. The molecule has 0 unspecified atom stereocenters. The molecular weight excluding hydrogens is 166 g/mol.